The lowest BCUT2D eigenvalue weighted by Gasteiger charge is -2.15. The maximum Gasteiger partial charge on any atom is 0.266 e. The summed E-state index contributed by atoms with van der Waals surface area (Å²) in [4.78, 5) is 24.0. The molecular weight excluding hydrogens is 440 g/mol. The Balaban J connectivity index is 1.71. The second-order valence-electron chi connectivity index (χ2n) is 7.45. The molecule has 0 aliphatic carbocycles. The number of nitrogens with one attached hydrogen (secondary N) is 1. The van der Waals surface area contributed by atoms with Crippen LogP contribution in [0.5, 0.6) is 0 Å². The molecule has 0 bridgehead atoms. The molecule has 7 heteroatoms. The predicted molar refractivity (Wildman–Crippen MR) is 133 cm³/mol. The molecule has 32 heavy (non-hydrogen) atoms. The summed E-state index contributed by atoms with van der Waals surface area (Å²) in [6.45, 7) is 3.93. The fourth-order valence-electron chi connectivity index (χ4n) is 3.64. The van der Waals surface area contributed by atoms with Gasteiger partial charge in [-0.05, 0) is 61.9 Å². The van der Waals surface area contributed by atoms with Gasteiger partial charge in [0.15, 0.2) is 11.0 Å². The number of hydrogen-bond donors (Lipinski definition) is 1. The fraction of sp³-hybridized carbons (Fsp3) is 0.0800. The van der Waals surface area contributed by atoms with E-state index in [2.05, 4.69) is 5.32 Å². The van der Waals surface area contributed by atoms with Gasteiger partial charge >= 0.3 is 0 Å². The molecule has 158 valence electrons. The minimum Gasteiger partial charge on any atom is -0.332 e. The van der Waals surface area contributed by atoms with Crippen molar-refractivity contribution in [1.29, 1.82) is 0 Å². The molecule has 0 saturated heterocycles. The Morgan fingerprint density at radius 2 is 1.62 bits per heavy atom. The molecule has 0 fully saturated rings. The van der Waals surface area contributed by atoms with Crippen LogP contribution in [0.15, 0.2) is 77.6 Å². The van der Waals surface area contributed by atoms with Crippen molar-refractivity contribution in [2.75, 3.05) is 5.32 Å². The van der Waals surface area contributed by atoms with E-state index in [-0.39, 0.29) is 5.56 Å². The van der Waals surface area contributed by atoms with Crippen molar-refractivity contribution in [3.63, 3.8) is 0 Å². The number of thiazole rings is 1. The Morgan fingerprint density at radius 3 is 2.41 bits per heavy atom. The number of hydrogen-bond acceptors (Lipinski definition) is 5. The maximum absolute atomic E-state index is 13.6. The Bertz CT molecular complexity index is 1510. The summed E-state index contributed by atoms with van der Waals surface area (Å²) in [5.74, 6) is 0.585. The largest absolute Gasteiger partial charge is 0.332 e. The molecule has 0 radical (unpaired) electrons. The highest BCUT2D eigenvalue weighted by atomic mass is 35.5. The van der Waals surface area contributed by atoms with Gasteiger partial charge in [-0.2, -0.15) is 0 Å². The highest BCUT2D eigenvalue weighted by molar-refractivity contribution is 7.19. The summed E-state index contributed by atoms with van der Waals surface area (Å²) in [5, 5.41) is 5.30. The summed E-state index contributed by atoms with van der Waals surface area (Å²) >= 11 is 7.46. The topological polar surface area (TPSA) is 59.8 Å². The van der Waals surface area contributed by atoms with Crippen molar-refractivity contribution in [1.82, 2.24) is 14.5 Å². The third kappa shape index (κ3) is 3.68. The van der Waals surface area contributed by atoms with Crippen molar-refractivity contribution in [2.45, 2.75) is 13.8 Å². The SMILES string of the molecule is Cc1ccccc1-n1c(-c2sc(Nc3ccc(Cl)cc3)nc2C)nc2ccccc2c1=O. The lowest BCUT2D eigenvalue weighted by Crippen LogP contribution is -2.22. The zero-order chi connectivity index (χ0) is 22.2. The summed E-state index contributed by atoms with van der Waals surface area (Å²) in [6, 6.07) is 22.7. The molecule has 0 amide bonds. The zero-order valence-corrected chi connectivity index (χ0v) is 19.0. The number of benzene rings is 3. The number of rotatable bonds is 4. The van der Waals surface area contributed by atoms with Crippen LogP contribution in [-0.2, 0) is 0 Å². The molecule has 0 unspecified atom stereocenters. The Labute approximate surface area is 194 Å². The molecule has 0 spiro atoms. The molecule has 5 aromatic rings. The van der Waals surface area contributed by atoms with Crippen molar-refractivity contribution in [3.05, 3.63) is 99.4 Å². The number of para-hydroxylation sites is 2. The first-order valence-electron chi connectivity index (χ1n) is 10.1. The van der Waals surface area contributed by atoms with Gasteiger partial charge in [0.05, 0.1) is 27.2 Å². The number of halogens is 1. The third-order valence-electron chi connectivity index (χ3n) is 5.23. The molecule has 2 heterocycles. The first-order chi connectivity index (χ1) is 15.5. The Morgan fingerprint density at radius 1 is 0.906 bits per heavy atom. The highest BCUT2D eigenvalue weighted by Crippen LogP contribution is 2.34. The molecular formula is C25H19ClN4OS. The third-order valence-corrected chi connectivity index (χ3v) is 6.55. The minimum absolute atomic E-state index is 0.0973. The van der Waals surface area contributed by atoms with E-state index in [9.17, 15) is 4.79 Å². The molecule has 0 saturated carbocycles. The standard InChI is InChI=1S/C25H19ClN4OS/c1-15-7-3-6-10-21(15)30-23(29-20-9-5-4-8-19(20)24(30)31)22-16(2)27-25(32-22)28-18-13-11-17(26)12-14-18/h3-14H,1-2H3,(H,27,28). The van der Waals surface area contributed by atoms with Gasteiger partial charge in [0.1, 0.15) is 0 Å². The fourth-order valence-corrected chi connectivity index (χ4v) is 4.73. The highest BCUT2D eigenvalue weighted by Gasteiger charge is 2.20. The number of anilines is 2. The molecule has 0 aliphatic rings. The van der Waals surface area contributed by atoms with Crippen LogP contribution < -0.4 is 10.9 Å². The van der Waals surface area contributed by atoms with E-state index in [0.29, 0.717) is 21.7 Å². The van der Waals surface area contributed by atoms with Crippen LogP contribution in [0.4, 0.5) is 10.8 Å². The molecule has 0 aliphatic heterocycles. The van der Waals surface area contributed by atoms with Crippen molar-refractivity contribution in [3.8, 4) is 16.4 Å². The molecule has 2 aromatic heterocycles. The molecule has 5 rings (SSSR count). The second-order valence-corrected chi connectivity index (χ2v) is 8.88. The van der Waals surface area contributed by atoms with E-state index >= 15 is 0 Å². The van der Waals surface area contributed by atoms with Crippen molar-refractivity contribution in [2.24, 2.45) is 0 Å². The molecule has 5 nitrogen and oxygen atoms in total. The van der Waals surface area contributed by atoms with E-state index in [1.807, 2.05) is 86.6 Å². The maximum atomic E-state index is 13.6. The lowest BCUT2D eigenvalue weighted by molar-refractivity contribution is 0.965. The molecule has 3 aromatic carbocycles. The summed E-state index contributed by atoms with van der Waals surface area (Å²) in [7, 11) is 0. The zero-order valence-electron chi connectivity index (χ0n) is 17.5. The number of aromatic nitrogens is 3. The summed E-state index contributed by atoms with van der Waals surface area (Å²) < 4.78 is 1.70. The van der Waals surface area contributed by atoms with E-state index < -0.39 is 0 Å². The van der Waals surface area contributed by atoms with Crippen LogP contribution in [0.25, 0.3) is 27.3 Å². The van der Waals surface area contributed by atoms with Crippen LogP contribution >= 0.6 is 22.9 Å². The first kappa shape index (κ1) is 20.4. The van der Waals surface area contributed by atoms with E-state index in [0.717, 1.165) is 32.6 Å². The van der Waals surface area contributed by atoms with Gasteiger partial charge in [-0.15, -0.1) is 0 Å². The van der Waals surface area contributed by atoms with Crippen LogP contribution in [0.2, 0.25) is 5.02 Å². The van der Waals surface area contributed by atoms with Gasteiger partial charge in [0.25, 0.3) is 5.56 Å². The van der Waals surface area contributed by atoms with E-state index in [1.165, 1.54) is 11.3 Å². The number of fused-ring (bicyclic) bond motifs is 1. The van der Waals surface area contributed by atoms with Crippen LogP contribution in [0.3, 0.4) is 0 Å². The summed E-state index contributed by atoms with van der Waals surface area (Å²) in [5.41, 5.74) is 4.06. The molecule has 0 atom stereocenters. The normalized spacial score (nSPS) is 11.1. The first-order valence-corrected chi connectivity index (χ1v) is 11.3. The number of aryl methyl sites for hydroxylation is 2. The van der Waals surface area contributed by atoms with Crippen molar-refractivity contribution >= 4 is 44.7 Å². The van der Waals surface area contributed by atoms with Crippen molar-refractivity contribution < 1.29 is 0 Å². The summed E-state index contributed by atoms with van der Waals surface area (Å²) in [6.07, 6.45) is 0. The van der Waals surface area contributed by atoms with Gasteiger partial charge in [0, 0.05) is 10.7 Å². The quantitative estimate of drug-likeness (QED) is 0.333. The Kier molecular flexibility index (Phi) is 5.25. The monoisotopic (exact) mass is 458 g/mol. The van der Waals surface area contributed by atoms with Gasteiger partial charge in [-0.1, -0.05) is 53.3 Å². The van der Waals surface area contributed by atoms with E-state index in [4.69, 9.17) is 21.6 Å². The van der Waals surface area contributed by atoms with Crippen LogP contribution in [-0.4, -0.2) is 14.5 Å². The van der Waals surface area contributed by atoms with Crippen LogP contribution in [0.1, 0.15) is 11.3 Å². The van der Waals surface area contributed by atoms with Gasteiger partial charge < -0.3 is 5.32 Å². The lowest BCUT2D eigenvalue weighted by atomic mass is 10.1. The second kappa shape index (κ2) is 8.22. The average Bonchev–Trinajstić information content (AvgIpc) is 3.16. The van der Waals surface area contributed by atoms with Gasteiger partial charge in [-0.25, -0.2) is 9.97 Å². The van der Waals surface area contributed by atoms with E-state index in [1.54, 1.807) is 4.57 Å². The number of nitrogens with zero attached hydrogens (tertiary/aromatic N) is 3. The minimum atomic E-state index is -0.0973. The van der Waals surface area contributed by atoms with Gasteiger partial charge in [-0.3, -0.25) is 9.36 Å². The average molecular weight is 459 g/mol. The van der Waals surface area contributed by atoms with Gasteiger partial charge in [0.2, 0.25) is 0 Å². The Hall–Kier alpha value is -3.48. The predicted octanol–water partition coefficient (Wildman–Crippen LogP) is 6.52. The smallest absolute Gasteiger partial charge is 0.266 e. The molecule has 1 N–H and O–H groups in total. The van der Waals surface area contributed by atoms with Crippen LogP contribution in [0, 0.1) is 13.8 Å².